The molecule has 2 aromatic carbocycles. The van der Waals surface area contributed by atoms with Gasteiger partial charge in [-0.25, -0.2) is 4.72 Å². The Bertz CT molecular complexity index is 1930. The highest BCUT2D eigenvalue weighted by atomic mass is 32.2. The van der Waals surface area contributed by atoms with Crippen molar-refractivity contribution in [2.45, 2.75) is 76.7 Å². The molecule has 2 aliphatic heterocycles. The first-order chi connectivity index (χ1) is 23.7. The molecular formula is C36H44F3N5O5S. The molecule has 1 unspecified atom stereocenters. The molecule has 1 saturated carbocycles. The number of carbonyl (C=O) groups excluding carboxylic acids is 2. The third-order valence-electron chi connectivity index (χ3n) is 10.3. The lowest BCUT2D eigenvalue weighted by molar-refractivity contribution is -0.274. The minimum atomic E-state index is -4.96. The van der Waals surface area contributed by atoms with Gasteiger partial charge in [0.25, 0.3) is 11.8 Å². The number of amides is 2. The number of nitrogens with one attached hydrogen (secondary N) is 1. The lowest BCUT2D eigenvalue weighted by atomic mass is 9.81. The Morgan fingerprint density at radius 3 is 2.44 bits per heavy atom. The Morgan fingerprint density at radius 1 is 1.02 bits per heavy atom. The minimum absolute atomic E-state index is 0.0332. The number of fused-ring (bicyclic) bond motifs is 5. The van der Waals surface area contributed by atoms with E-state index >= 15 is 0 Å². The summed E-state index contributed by atoms with van der Waals surface area (Å²) in [5, 5.41) is 0.810. The molecule has 3 aliphatic rings. The molecule has 0 radical (unpaired) electrons. The van der Waals surface area contributed by atoms with E-state index in [1.807, 2.05) is 23.4 Å². The summed E-state index contributed by atoms with van der Waals surface area (Å²) in [6.07, 6.45) is 3.05. The predicted octanol–water partition coefficient (Wildman–Crippen LogP) is 6.13. The Morgan fingerprint density at radius 2 is 1.76 bits per heavy atom. The molecular weight excluding hydrogens is 671 g/mol. The number of alkyl halides is 3. The van der Waals surface area contributed by atoms with Crippen molar-refractivity contribution in [1.82, 2.24) is 23.4 Å². The molecule has 6 rings (SSSR count). The maximum absolute atomic E-state index is 14.5. The zero-order chi connectivity index (χ0) is 36.0. The maximum atomic E-state index is 14.5. The van der Waals surface area contributed by atoms with E-state index < -0.39 is 28.2 Å². The summed E-state index contributed by atoms with van der Waals surface area (Å²) in [5.41, 5.74) is 3.27. The van der Waals surface area contributed by atoms with Crippen LogP contribution in [0.5, 0.6) is 5.75 Å². The van der Waals surface area contributed by atoms with Crippen LogP contribution in [-0.2, 0) is 21.5 Å². The Hall–Kier alpha value is -3.88. The van der Waals surface area contributed by atoms with Crippen LogP contribution in [0, 0.1) is 0 Å². The van der Waals surface area contributed by atoms with Gasteiger partial charge in [-0.2, -0.15) is 12.7 Å². The normalized spacial score (nSPS) is 18.6. The van der Waals surface area contributed by atoms with Gasteiger partial charge in [0.2, 0.25) is 0 Å². The molecule has 2 amide bonds. The second-order valence-corrected chi connectivity index (χ2v) is 15.6. The predicted molar refractivity (Wildman–Crippen MR) is 186 cm³/mol. The summed E-state index contributed by atoms with van der Waals surface area (Å²) in [6, 6.07) is 9.47. The average molecular weight is 716 g/mol. The number of likely N-dealkylation sites (N-methyl/N-ethyl adjacent to an activating group) is 1. The van der Waals surface area contributed by atoms with Crippen LogP contribution in [0.3, 0.4) is 0 Å². The van der Waals surface area contributed by atoms with Gasteiger partial charge in [0.05, 0.1) is 12.2 Å². The van der Waals surface area contributed by atoms with E-state index in [-0.39, 0.29) is 35.5 Å². The number of aromatic nitrogens is 1. The molecule has 1 aromatic heterocycles. The van der Waals surface area contributed by atoms with E-state index in [0.717, 1.165) is 66.7 Å². The first-order valence-corrected chi connectivity index (χ1v) is 18.6. The average Bonchev–Trinajstić information content (AvgIpc) is 3.60. The molecule has 0 spiro atoms. The van der Waals surface area contributed by atoms with Crippen LogP contribution < -0.4 is 9.46 Å². The lowest BCUT2D eigenvalue weighted by Crippen LogP contribution is -2.43. The van der Waals surface area contributed by atoms with Crippen LogP contribution in [0.15, 0.2) is 42.0 Å². The molecule has 1 aliphatic carbocycles. The summed E-state index contributed by atoms with van der Waals surface area (Å²) in [5.74, 6) is -1.39. The highest BCUT2D eigenvalue weighted by Crippen LogP contribution is 2.48. The zero-order valence-electron chi connectivity index (χ0n) is 28.8. The fourth-order valence-corrected chi connectivity index (χ4v) is 8.18. The Balaban J connectivity index is 1.57. The van der Waals surface area contributed by atoms with Gasteiger partial charge in [0, 0.05) is 66.4 Å². The molecule has 1 N–H and O–H groups in total. The van der Waals surface area contributed by atoms with Crippen molar-refractivity contribution in [3.8, 4) is 17.0 Å². The van der Waals surface area contributed by atoms with E-state index in [0.29, 0.717) is 35.4 Å². The SMILES string of the molecule is CCN(C)CC1CCCN1C(=O)C1=Cc2c(OC(F)(F)F)cccc2-c2c(C3CCCCC3)c3ccc(C(=O)NS(=O)(=O)N(C)C)cc3n2C1. The van der Waals surface area contributed by atoms with Crippen LogP contribution >= 0.6 is 0 Å². The van der Waals surface area contributed by atoms with Gasteiger partial charge < -0.3 is 19.1 Å². The van der Waals surface area contributed by atoms with E-state index in [2.05, 4.69) is 14.4 Å². The van der Waals surface area contributed by atoms with Gasteiger partial charge in [-0.05, 0) is 75.0 Å². The third kappa shape index (κ3) is 7.15. The molecule has 1 saturated heterocycles. The van der Waals surface area contributed by atoms with Crippen molar-refractivity contribution >= 4 is 39.0 Å². The highest BCUT2D eigenvalue weighted by Gasteiger charge is 2.37. The largest absolute Gasteiger partial charge is 0.573 e. The molecule has 3 heterocycles. The molecule has 0 bridgehead atoms. The standard InChI is InChI=1S/C36H44F3N5O5S/c1-5-42(4)22-26-13-10-18-43(26)35(46)25-19-29-27(14-9-15-31(29)49-36(37,38)39)33-32(23-11-7-6-8-12-23)28-17-16-24(20-30(28)44(33)21-25)34(45)40-50(47,48)41(2)3/h9,14-17,19-20,23,26H,5-8,10-13,18,21-22H2,1-4H3,(H,40,45). The van der Waals surface area contributed by atoms with Crippen LogP contribution in [0.4, 0.5) is 13.2 Å². The van der Waals surface area contributed by atoms with Crippen molar-refractivity contribution in [2.24, 2.45) is 0 Å². The second-order valence-electron chi connectivity index (χ2n) is 13.7. The van der Waals surface area contributed by atoms with Crippen LogP contribution in [0.25, 0.3) is 28.2 Å². The molecule has 270 valence electrons. The molecule has 14 heteroatoms. The quantitative estimate of drug-likeness (QED) is 0.286. The number of halogens is 3. The number of hydrogen-bond donors (Lipinski definition) is 1. The first kappa shape index (κ1) is 35.9. The van der Waals surface area contributed by atoms with Gasteiger partial charge >= 0.3 is 16.6 Å². The highest BCUT2D eigenvalue weighted by molar-refractivity contribution is 7.87. The fourth-order valence-electron chi connectivity index (χ4n) is 7.64. The number of rotatable bonds is 9. The number of ether oxygens (including phenoxy) is 1. The van der Waals surface area contributed by atoms with Crippen molar-refractivity contribution < 1.29 is 35.9 Å². The van der Waals surface area contributed by atoms with Crippen LogP contribution in [0.2, 0.25) is 0 Å². The summed E-state index contributed by atoms with van der Waals surface area (Å²) in [7, 11) is 0.535. The summed E-state index contributed by atoms with van der Waals surface area (Å²) < 4.78 is 76.1. The molecule has 3 aromatic rings. The van der Waals surface area contributed by atoms with E-state index in [9.17, 15) is 31.2 Å². The zero-order valence-corrected chi connectivity index (χ0v) is 29.7. The lowest BCUT2D eigenvalue weighted by Gasteiger charge is -2.29. The summed E-state index contributed by atoms with van der Waals surface area (Å²) in [4.78, 5) is 31.8. The topological polar surface area (TPSA) is 104 Å². The summed E-state index contributed by atoms with van der Waals surface area (Å²) in [6.45, 7) is 4.09. The van der Waals surface area contributed by atoms with E-state index in [4.69, 9.17) is 0 Å². The molecule has 1 atom stereocenters. The maximum Gasteiger partial charge on any atom is 0.573 e. The summed E-state index contributed by atoms with van der Waals surface area (Å²) >= 11 is 0. The Kier molecular flexibility index (Phi) is 10.1. The van der Waals surface area contributed by atoms with E-state index in [1.165, 1.54) is 26.2 Å². The fraction of sp³-hybridized carbons (Fsp3) is 0.500. The van der Waals surface area contributed by atoms with E-state index in [1.54, 1.807) is 30.3 Å². The van der Waals surface area contributed by atoms with Crippen LogP contribution in [-0.4, -0.2) is 92.1 Å². The molecule has 50 heavy (non-hydrogen) atoms. The first-order valence-electron chi connectivity index (χ1n) is 17.2. The molecule has 2 fully saturated rings. The van der Waals surface area contributed by atoms with Crippen LogP contribution in [0.1, 0.15) is 79.3 Å². The number of hydrogen-bond acceptors (Lipinski definition) is 6. The van der Waals surface area contributed by atoms with Gasteiger partial charge in [-0.15, -0.1) is 13.2 Å². The van der Waals surface area contributed by atoms with Gasteiger partial charge in [0.15, 0.2) is 0 Å². The minimum Gasteiger partial charge on any atom is -0.405 e. The van der Waals surface area contributed by atoms with Crippen molar-refractivity contribution in [3.63, 3.8) is 0 Å². The number of carbonyl (C=O) groups is 2. The second kappa shape index (κ2) is 14.0. The van der Waals surface area contributed by atoms with Crippen molar-refractivity contribution in [1.29, 1.82) is 0 Å². The number of likely N-dealkylation sites (tertiary alicyclic amines) is 1. The Labute approximate surface area is 291 Å². The third-order valence-corrected chi connectivity index (χ3v) is 11.7. The van der Waals surface area contributed by atoms with Gasteiger partial charge in [-0.3, -0.25) is 9.59 Å². The number of benzene rings is 2. The van der Waals surface area contributed by atoms with Crippen molar-refractivity contribution in [2.75, 3.05) is 40.8 Å². The monoisotopic (exact) mass is 715 g/mol. The number of nitrogens with zero attached hydrogens (tertiary/aromatic N) is 4. The van der Waals surface area contributed by atoms with Gasteiger partial charge in [0.1, 0.15) is 5.75 Å². The van der Waals surface area contributed by atoms with Crippen molar-refractivity contribution in [3.05, 3.63) is 58.7 Å². The smallest absolute Gasteiger partial charge is 0.405 e. The molecule has 10 nitrogen and oxygen atoms in total. The van der Waals surface area contributed by atoms with Gasteiger partial charge in [-0.1, -0.05) is 44.4 Å².